The van der Waals surface area contributed by atoms with E-state index in [9.17, 15) is 0 Å². The van der Waals surface area contributed by atoms with Crippen LogP contribution in [0, 0.1) is 0 Å². The molecule has 5 aromatic carbocycles. The summed E-state index contributed by atoms with van der Waals surface area (Å²) in [6.07, 6.45) is 0. The van der Waals surface area contributed by atoms with E-state index in [1.807, 2.05) is 18.2 Å². The SMILES string of the molecule is Nc1cccc(-c2ccc3c4ccccc4c4ccccc4c3c2)c1. The van der Waals surface area contributed by atoms with Crippen LogP contribution in [0.15, 0.2) is 91.0 Å². The van der Waals surface area contributed by atoms with Crippen molar-refractivity contribution in [3.05, 3.63) is 91.0 Å². The smallest absolute Gasteiger partial charge is 0.0320 e. The second-order valence-corrected chi connectivity index (χ2v) is 6.48. The molecular formula is C24H17N. The third kappa shape index (κ3) is 2.17. The van der Waals surface area contributed by atoms with Crippen LogP contribution >= 0.6 is 0 Å². The van der Waals surface area contributed by atoms with Crippen LogP contribution < -0.4 is 5.73 Å². The zero-order chi connectivity index (χ0) is 16.8. The molecule has 0 amide bonds. The molecule has 118 valence electrons. The van der Waals surface area contributed by atoms with Gasteiger partial charge >= 0.3 is 0 Å². The molecule has 0 atom stereocenters. The third-order valence-electron chi connectivity index (χ3n) is 4.96. The number of hydrogen-bond donors (Lipinski definition) is 1. The maximum Gasteiger partial charge on any atom is 0.0320 e. The minimum absolute atomic E-state index is 0.793. The van der Waals surface area contributed by atoms with Crippen molar-refractivity contribution >= 4 is 38.0 Å². The summed E-state index contributed by atoms with van der Waals surface area (Å²) >= 11 is 0. The normalized spacial score (nSPS) is 11.4. The van der Waals surface area contributed by atoms with E-state index >= 15 is 0 Å². The molecule has 0 heterocycles. The standard InChI is InChI=1S/C24H17N/c25-18-7-5-6-16(14-18)17-12-13-23-21-10-2-1-8-19(21)20-9-3-4-11-22(20)24(23)15-17/h1-15H,25H2. The molecule has 0 aliphatic carbocycles. The summed E-state index contributed by atoms with van der Waals surface area (Å²) in [6.45, 7) is 0. The van der Waals surface area contributed by atoms with Gasteiger partial charge in [0.15, 0.2) is 0 Å². The summed E-state index contributed by atoms with van der Waals surface area (Å²) in [4.78, 5) is 0. The Labute approximate surface area is 146 Å². The first kappa shape index (κ1) is 14.1. The van der Waals surface area contributed by atoms with Crippen LogP contribution in [0.3, 0.4) is 0 Å². The second kappa shape index (κ2) is 5.35. The van der Waals surface area contributed by atoms with Gasteiger partial charge in [-0.3, -0.25) is 0 Å². The number of nitrogen functional groups attached to an aromatic ring is 1. The fourth-order valence-electron chi connectivity index (χ4n) is 3.81. The van der Waals surface area contributed by atoms with Crippen LogP contribution in [0.2, 0.25) is 0 Å². The lowest BCUT2D eigenvalue weighted by Crippen LogP contribution is -1.87. The van der Waals surface area contributed by atoms with Crippen LogP contribution in [-0.4, -0.2) is 0 Å². The van der Waals surface area contributed by atoms with Gasteiger partial charge in [-0.05, 0) is 61.6 Å². The molecule has 5 rings (SSSR count). The van der Waals surface area contributed by atoms with Crippen molar-refractivity contribution in [1.82, 2.24) is 0 Å². The number of rotatable bonds is 1. The van der Waals surface area contributed by atoms with E-state index in [1.54, 1.807) is 0 Å². The zero-order valence-electron chi connectivity index (χ0n) is 13.7. The maximum absolute atomic E-state index is 5.97. The Morgan fingerprint density at radius 2 is 0.920 bits per heavy atom. The average Bonchev–Trinajstić information content (AvgIpc) is 2.68. The molecule has 0 aliphatic rings. The Balaban J connectivity index is 1.93. The summed E-state index contributed by atoms with van der Waals surface area (Å²) in [5.41, 5.74) is 9.11. The van der Waals surface area contributed by atoms with Gasteiger partial charge in [0.25, 0.3) is 0 Å². The van der Waals surface area contributed by atoms with Crippen LogP contribution in [-0.2, 0) is 0 Å². The molecule has 0 radical (unpaired) electrons. The highest BCUT2D eigenvalue weighted by Gasteiger charge is 2.09. The molecule has 0 saturated carbocycles. The average molecular weight is 319 g/mol. The molecule has 0 unspecified atom stereocenters. The molecule has 2 N–H and O–H groups in total. The van der Waals surface area contributed by atoms with E-state index in [0.717, 1.165) is 11.3 Å². The van der Waals surface area contributed by atoms with Crippen molar-refractivity contribution < 1.29 is 0 Å². The fraction of sp³-hybridized carbons (Fsp3) is 0. The van der Waals surface area contributed by atoms with Crippen LogP contribution in [0.1, 0.15) is 0 Å². The van der Waals surface area contributed by atoms with E-state index < -0.39 is 0 Å². The predicted octanol–water partition coefficient (Wildman–Crippen LogP) is 6.40. The number of nitrogens with two attached hydrogens (primary N) is 1. The molecule has 0 aliphatic heterocycles. The van der Waals surface area contributed by atoms with E-state index in [4.69, 9.17) is 5.73 Å². The molecule has 0 aromatic heterocycles. The molecular weight excluding hydrogens is 302 g/mol. The highest BCUT2D eigenvalue weighted by Crippen LogP contribution is 2.37. The summed E-state index contributed by atoms with van der Waals surface area (Å²) in [5, 5.41) is 7.78. The Kier molecular flexibility index (Phi) is 3.01. The van der Waals surface area contributed by atoms with Gasteiger partial charge in [0, 0.05) is 5.69 Å². The van der Waals surface area contributed by atoms with Crippen molar-refractivity contribution in [3.8, 4) is 11.1 Å². The van der Waals surface area contributed by atoms with Crippen LogP contribution in [0.4, 0.5) is 5.69 Å². The first-order valence-electron chi connectivity index (χ1n) is 8.50. The van der Waals surface area contributed by atoms with Gasteiger partial charge < -0.3 is 5.73 Å². The zero-order valence-corrected chi connectivity index (χ0v) is 13.7. The number of fused-ring (bicyclic) bond motifs is 6. The van der Waals surface area contributed by atoms with E-state index in [2.05, 4.69) is 72.8 Å². The first-order chi connectivity index (χ1) is 12.3. The summed E-state index contributed by atoms with van der Waals surface area (Å²) in [6, 6.07) is 32.1. The van der Waals surface area contributed by atoms with Gasteiger partial charge in [-0.2, -0.15) is 0 Å². The molecule has 0 fully saturated rings. The Morgan fingerprint density at radius 3 is 1.52 bits per heavy atom. The lowest BCUT2D eigenvalue weighted by molar-refractivity contribution is 1.64. The Hall–Kier alpha value is -3.32. The molecule has 25 heavy (non-hydrogen) atoms. The Morgan fingerprint density at radius 1 is 0.400 bits per heavy atom. The summed E-state index contributed by atoms with van der Waals surface area (Å²) in [7, 11) is 0. The lowest BCUT2D eigenvalue weighted by atomic mass is 9.92. The van der Waals surface area contributed by atoms with Crippen molar-refractivity contribution in [2.24, 2.45) is 0 Å². The molecule has 1 heteroatoms. The number of anilines is 1. The summed E-state index contributed by atoms with van der Waals surface area (Å²) < 4.78 is 0. The number of benzene rings is 5. The van der Waals surface area contributed by atoms with Crippen LogP contribution in [0.5, 0.6) is 0 Å². The molecule has 1 nitrogen and oxygen atoms in total. The van der Waals surface area contributed by atoms with Gasteiger partial charge in [0.1, 0.15) is 0 Å². The summed E-state index contributed by atoms with van der Waals surface area (Å²) in [5.74, 6) is 0. The van der Waals surface area contributed by atoms with Crippen molar-refractivity contribution in [2.75, 3.05) is 5.73 Å². The number of hydrogen-bond acceptors (Lipinski definition) is 1. The van der Waals surface area contributed by atoms with E-state index in [0.29, 0.717) is 0 Å². The minimum Gasteiger partial charge on any atom is -0.399 e. The second-order valence-electron chi connectivity index (χ2n) is 6.48. The quantitative estimate of drug-likeness (QED) is 0.281. The first-order valence-corrected chi connectivity index (χ1v) is 8.50. The Bertz CT molecular complexity index is 1220. The van der Waals surface area contributed by atoms with E-state index in [1.165, 1.54) is 37.9 Å². The molecule has 0 spiro atoms. The van der Waals surface area contributed by atoms with Gasteiger partial charge in [0.2, 0.25) is 0 Å². The van der Waals surface area contributed by atoms with Crippen molar-refractivity contribution in [3.63, 3.8) is 0 Å². The lowest BCUT2D eigenvalue weighted by Gasteiger charge is -2.12. The van der Waals surface area contributed by atoms with E-state index in [-0.39, 0.29) is 0 Å². The molecule has 0 saturated heterocycles. The van der Waals surface area contributed by atoms with Gasteiger partial charge in [-0.1, -0.05) is 72.8 Å². The topological polar surface area (TPSA) is 26.0 Å². The highest BCUT2D eigenvalue weighted by atomic mass is 14.5. The largest absolute Gasteiger partial charge is 0.399 e. The fourth-order valence-corrected chi connectivity index (χ4v) is 3.81. The van der Waals surface area contributed by atoms with Crippen LogP contribution in [0.25, 0.3) is 43.4 Å². The molecule has 5 aromatic rings. The maximum atomic E-state index is 5.97. The molecule has 0 bridgehead atoms. The van der Waals surface area contributed by atoms with Gasteiger partial charge in [-0.25, -0.2) is 0 Å². The predicted molar refractivity (Wildman–Crippen MR) is 109 cm³/mol. The van der Waals surface area contributed by atoms with Gasteiger partial charge in [-0.15, -0.1) is 0 Å². The van der Waals surface area contributed by atoms with Gasteiger partial charge in [0.05, 0.1) is 0 Å². The minimum atomic E-state index is 0.793. The third-order valence-corrected chi connectivity index (χ3v) is 4.96. The van der Waals surface area contributed by atoms with Crippen molar-refractivity contribution in [1.29, 1.82) is 0 Å². The monoisotopic (exact) mass is 319 g/mol. The highest BCUT2D eigenvalue weighted by molar-refractivity contribution is 6.25. The van der Waals surface area contributed by atoms with Crippen molar-refractivity contribution in [2.45, 2.75) is 0 Å².